The van der Waals surface area contributed by atoms with Gasteiger partial charge in [0.15, 0.2) is 0 Å². The molecule has 0 aliphatic heterocycles. The number of hydrogen-bond acceptors (Lipinski definition) is 5. The van der Waals surface area contributed by atoms with Crippen molar-refractivity contribution in [1.29, 1.82) is 0 Å². The van der Waals surface area contributed by atoms with E-state index in [2.05, 4.69) is 5.32 Å². The third-order valence-corrected chi connectivity index (χ3v) is 2.94. The van der Waals surface area contributed by atoms with Crippen molar-refractivity contribution >= 4 is 12.4 Å². The molecule has 0 radical (unpaired) electrons. The van der Waals surface area contributed by atoms with E-state index < -0.39 is 17.7 Å². The third kappa shape index (κ3) is 4.65. The molecular weight excluding hydrogens is 286 g/mol. The lowest BCUT2D eigenvalue weighted by Gasteiger charge is -2.22. The molecule has 1 unspecified atom stereocenters. The maximum absolute atomic E-state index is 11.8. The molecule has 6 heteroatoms. The Kier molecular flexibility index (Phi) is 5.79. The van der Waals surface area contributed by atoms with Crippen molar-refractivity contribution < 1.29 is 23.8 Å². The van der Waals surface area contributed by atoms with E-state index in [1.807, 2.05) is 6.92 Å². The van der Waals surface area contributed by atoms with Crippen molar-refractivity contribution in [3.05, 3.63) is 23.3 Å². The van der Waals surface area contributed by atoms with Crippen molar-refractivity contribution in [3.63, 3.8) is 0 Å². The molecule has 122 valence electrons. The lowest BCUT2D eigenvalue weighted by molar-refractivity contribution is -0.109. The molecule has 0 heterocycles. The number of ether oxygens (including phenoxy) is 3. The van der Waals surface area contributed by atoms with Gasteiger partial charge >= 0.3 is 6.09 Å². The van der Waals surface area contributed by atoms with Crippen molar-refractivity contribution in [3.8, 4) is 11.5 Å². The van der Waals surface area contributed by atoms with Gasteiger partial charge in [-0.2, -0.15) is 0 Å². The number of carbonyl (C=O) groups is 2. The fourth-order valence-corrected chi connectivity index (χ4v) is 1.92. The van der Waals surface area contributed by atoms with E-state index in [9.17, 15) is 9.59 Å². The average molecular weight is 309 g/mol. The highest BCUT2D eigenvalue weighted by Gasteiger charge is 2.22. The number of aldehydes is 1. The van der Waals surface area contributed by atoms with E-state index in [1.54, 1.807) is 32.9 Å². The fraction of sp³-hybridized carbons (Fsp3) is 0.500. The van der Waals surface area contributed by atoms with Crippen molar-refractivity contribution in [1.82, 2.24) is 5.32 Å². The number of methoxy groups -OCH3 is 2. The topological polar surface area (TPSA) is 73.9 Å². The lowest BCUT2D eigenvalue weighted by atomic mass is 10.0. The van der Waals surface area contributed by atoms with Crippen LogP contribution < -0.4 is 14.8 Å². The van der Waals surface area contributed by atoms with Crippen LogP contribution >= 0.6 is 0 Å². The zero-order chi connectivity index (χ0) is 16.9. The van der Waals surface area contributed by atoms with E-state index in [-0.39, 0.29) is 0 Å². The quantitative estimate of drug-likeness (QED) is 0.847. The monoisotopic (exact) mass is 309 g/mol. The summed E-state index contributed by atoms with van der Waals surface area (Å²) < 4.78 is 15.7. The molecule has 1 aromatic rings. The minimum Gasteiger partial charge on any atom is -0.496 e. The van der Waals surface area contributed by atoms with E-state index >= 15 is 0 Å². The number of nitrogens with one attached hydrogen (secondary N) is 1. The summed E-state index contributed by atoms with van der Waals surface area (Å²) in [7, 11) is 3.06. The molecule has 6 nitrogen and oxygen atoms in total. The van der Waals surface area contributed by atoms with Gasteiger partial charge in [0, 0.05) is 5.56 Å². The zero-order valence-corrected chi connectivity index (χ0v) is 13.9. The summed E-state index contributed by atoms with van der Waals surface area (Å²) in [6.07, 6.45) is -0.0314. The predicted molar refractivity (Wildman–Crippen MR) is 82.5 cm³/mol. The smallest absolute Gasteiger partial charge is 0.408 e. The van der Waals surface area contributed by atoms with E-state index in [0.29, 0.717) is 23.3 Å². The van der Waals surface area contributed by atoms with Gasteiger partial charge in [0.25, 0.3) is 0 Å². The molecule has 1 N–H and O–H groups in total. The van der Waals surface area contributed by atoms with Gasteiger partial charge in [0.05, 0.1) is 14.2 Å². The lowest BCUT2D eigenvalue weighted by Crippen LogP contribution is -2.35. The van der Waals surface area contributed by atoms with Gasteiger partial charge in [0.2, 0.25) is 0 Å². The van der Waals surface area contributed by atoms with Crippen molar-refractivity contribution in [2.24, 2.45) is 0 Å². The van der Waals surface area contributed by atoms with Crippen LogP contribution in [0.1, 0.15) is 37.9 Å². The second kappa shape index (κ2) is 7.15. The predicted octanol–water partition coefficient (Wildman–Crippen LogP) is 2.78. The largest absolute Gasteiger partial charge is 0.496 e. The van der Waals surface area contributed by atoms with E-state index in [4.69, 9.17) is 14.2 Å². The van der Waals surface area contributed by atoms with Gasteiger partial charge in [-0.05, 0) is 45.4 Å². The van der Waals surface area contributed by atoms with Gasteiger partial charge in [-0.25, -0.2) is 4.79 Å². The molecule has 0 aliphatic rings. The van der Waals surface area contributed by atoms with Crippen LogP contribution in [-0.2, 0) is 9.53 Å². The summed E-state index contributed by atoms with van der Waals surface area (Å²) in [5.41, 5.74) is 0.732. The Morgan fingerprint density at radius 3 is 2.05 bits per heavy atom. The Balaban J connectivity index is 3.05. The third-order valence-electron chi connectivity index (χ3n) is 2.94. The minimum atomic E-state index is -0.849. The Morgan fingerprint density at radius 1 is 1.18 bits per heavy atom. The molecule has 0 saturated heterocycles. The number of hydrogen-bond donors (Lipinski definition) is 1. The Labute approximate surface area is 130 Å². The normalized spacial score (nSPS) is 12.3. The second-order valence-corrected chi connectivity index (χ2v) is 5.81. The summed E-state index contributed by atoms with van der Waals surface area (Å²) >= 11 is 0. The van der Waals surface area contributed by atoms with Gasteiger partial charge in [-0.15, -0.1) is 0 Å². The molecule has 1 aromatic carbocycles. The number of amides is 1. The summed E-state index contributed by atoms with van der Waals surface area (Å²) in [6, 6.07) is 2.53. The summed E-state index contributed by atoms with van der Waals surface area (Å²) in [5.74, 6) is 1.15. The van der Waals surface area contributed by atoms with Gasteiger partial charge in [0.1, 0.15) is 29.4 Å². The number of carbonyl (C=O) groups excluding carboxylic acids is 2. The first-order valence-corrected chi connectivity index (χ1v) is 6.89. The highest BCUT2D eigenvalue weighted by atomic mass is 16.6. The summed E-state index contributed by atoms with van der Waals surface area (Å²) in [5, 5.41) is 2.52. The number of rotatable bonds is 5. The fourth-order valence-electron chi connectivity index (χ4n) is 1.92. The molecule has 0 fully saturated rings. The molecule has 0 bridgehead atoms. The summed E-state index contributed by atoms with van der Waals surface area (Å²) in [4.78, 5) is 23.2. The Bertz CT molecular complexity index is 523. The summed E-state index contributed by atoms with van der Waals surface area (Å²) in [6.45, 7) is 7.10. The Hall–Kier alpha value is -2.24. The highest BCUT2D eigenvalue weighted by molar-refractivity contribution is 5.75. The van der Waals surface area contributed by atoms with Gasteiger partial charge in [-0.1, -0.05) is 0 Å². The van der Waals surface area contributed by atoms with Crippen LogP contribution in [-0.4, -0.2) is 32.2 Å². The van der Waals surface area contributed by atoms with Crippen LogP contribution in [0.2, 0.25) is 0 Å². The first kappa shape index (κ1) is 17.8. The molecule has 0 saturated carbocycles. The first-order chi connectivity index (χ1) is 10.2. The molecule has 22 heavy (non-hydrogen) atoms. The van der Waals surface area contributed by atoms with Crippen molar-refractivity contribution in [2.75, 3.05) is 14.2 Å². The van der Waals surface area contributed by atoms with Crippen LogP contribution in [0.25, 0.3) is 0 Å². The van der Waals surface area contributed by atoms with E-state index in [1.165, 1.54) is 14.2 Å². The van der Waals surface area contributed by atoms with Crippen LogP contribution in [0.15, 0.2) is 12.1 Å². The number of benzene rings is 1. The minimum absolute atomic E-state index is 0.556. The van der Waals surface area contributed by atoms with Crippen LogP contribution in [0.3, 0.4) is 0 Å². The van der Waals surface area contributed by atoms with Crippen molar-refractivity contribution in [2.45, 2.75) is 39.3 Å². The van der Waals surface area contributed by atoms with Gasteiger partial charge in [-0.3, -0.25) is 0 Å². The first-order valence-electron chi connectivity index (χ1n) is 6.89. The highest BCUT2D eigenvalue weighted by Crippen LogP contribution is 2.31. The number of alkyl carbamates (subject to hydrolysis) is 1. The zero-order valence-electron chi connectivity index (χ0n) is 13.9. The van der Waals surface area contributed by atoms with E-state index in [0.717, 1.165) is 5.56 Å². The van der Waals surface area contributed by atoms with Gasteiger partial charge < -0.3 is 24.3 Å². The second-order valence-electron chi connectivity index (χ2n) is 5.81. The van der Waals surface area contributed by atoms with Crippen LogP contribution in [0, 0.1) is 6.92 Å². The standard InChI is InChI=1S/C16H23NO5/c1-10-13(20-5)7-11(8-14(10)21-6)12(9-18)17-15(19)22-16(2,3)4/h7-9,12H,1-6H3,(H,17,19). The molecule has 1 amide bonds. The molecule has 0 spiro atoms. The van der Waals surface area contributed by atoms with Crippen LogP contribution in [0.4, 0.5) is 4.79 Å². The van der Waals surface area contributed by atoms with Crippen LogP contribution in [0.5, 0.6) is 11.5 Å². The molecule has 0 aromatic heterocycles. The maximum atomic E-state index is 11.8. The molecule has 1 atom stereocenters. The molecule has 1 rings (SSSR count). The molecular formula is C16H23NO5. The maximum Gasteiger partial charge on any atom is 0.408 e. The molecule has 0 aliphatic carbocycles. The SMILES string of the molecule is COc1cc(C(C=O)NC(=O)OC(C)(C)C)cc(OC)c1C. The average Bonchev–Trinajstić information content (AvgIpc) is 2.43. The Morgan fingerprint density at radius 2 is 1.68 bits per heavy atom.